The number of fused-ring (bicyclic) bond motifs is 2. The lowest BCUT2D eigenvalue weighted by molar-refractivity contribution is -0.117. The number of carbonyl (C=O) groups is 2. The maximum absolute atomic E-state index is 12.5. The van der Waals surface area contributed by atoms with Crippen molar-refractivity contribution in [2.24, 2.45) is 0 Å². The van der Waals surface area contributed by atoms with Crippen molar-refractivity contribution in [3.05, 3.63) is 96.1 Å². The van der Waals surface area contributed by atoms with E-state index in [9.17, 15) is 9.59 Å². The van der Waals surface area contributed by atoms with Crippen LogP contribution >= 0.6 is 22.7 Å². The molecule has 0 bridgehead atoms. The van der Waals surface area contributed by atoms with Crippen LogP contribution in [0.4, 0.5) is 11.4 Å². The van der Waals surface area contributed by atoms with Gasteiger partial charge < -0.3 is 10.6 Å². The number of aromatic nitrogens is 2. The normalized spacial score (nSPS) is 11.2. The van der Waals surface area contributed by atoms with Crippen molar-refractivity contribution < 1.29 is 9.59 Å². The smallest absolute Gasteiger partial charge is 0.224 e. The summed E-state index contributed by atoms with van der Waals surface area (Å²) in [6, 6.07) is 27.9. The predicted molar refractivity (Wildman–Crippen MR) is 171 cm³/mol. The summed E-state index contributed by atoms with van der Waals surface area (Å²) in [5, 5.41) is 7.75. The number of aryl methyl sites for hydroxylation is 2. The molecule has 204 valence electrons. The Morgan fingerprint density at radius 1 is 0.610 bits per heavy atom. The number of carbonyl (C=O) groups excluding carboxylic acids is 2. The Morgan fingerprint density at radius 2 is 1.02 bits per heavy atom. The van der Waals surface area contributed by atoms with Crippen molar-refractivity contribution >= 4 is 66.3 Å². The third kappa shape index (κ3) is 6.34. The summed E-state index contributed by atoms with van der Waals surface area (Å²) in [4.78, 5) is 34.4. The van der Waals surface area contributed by atoms with E-state index in [1.165, 1.54) is 11.1 Å². The first kappa shape index (κ1) is 26.8. The van der Waals surface area contributed by atoms with Crippen molar-refractivity contribution in [1.82, 2.24) is 9.97 Å². The number of amides is 2. The first-order valence-electron chi connectivity index (χ1n) is 13.4. The number of anilines is 2. The van der Waals surface area contributed by atoms with Crippen LogP contribution in [-0.2, 0) is 9.59 Å². The maximum atomic E-state index is 12.5. The highest BCUT2D eigenvalue weighted by Crippen LogP contribution is 2.32. The van der Waals surface area contributed by atoms with Crippen molar-refractivity contribution in [3.63, 3.8) is 0 Å². The molecule has 8 heteroatoms. The molecule has 4 aromatic carbocycles. The second-order valence-corrected chi connectivity index (χ2v) is 12.1. The van der Waals surface area contributed by atoms with Gasteiger partial charge in [0.05, 0.1) is 20.4 Å². The average Bonchev–Trinajstić information content (AvgIpc) is 3.57. The summed E-state index contributed by atoms with van der Waals surface area (Å²) in [7, 11) is 0. The summed E-state index contributed by atoms with van der Waals surface area (Å²) in [5.74, 6) is -0.229. The lowest BCUT2D eigenvalue weighted by Gasteiger charge is -2.07. The molecule has 0 aliphatic carbocycles. The third-order valence-electron chi connectivity index (χ3n) is 6.73. The monoisotopic (exact) mass is 576 g/mol. The molecule has 2 aromatic heterocycles. The zero-order valence-corrected chi connectivity index (χ0v) is 24.4. The second kappa shape index (κ2) is 11.6. The molecule has 6 rings (SSSR count). The number of rotatable bonds is 8. The number of benzene rings is 4. The van der Waals surface area contributed by atoms with Gasteiger partial charge in [-0.1, -0.05) is 12.1 Å². The minimum Gasteiger partial charge on any atom is -0.326 e. The molecule has 0 atom stereocenters. The fourth-order valence-electron chi connectivity index (χ4n) is 4.56. The van der Waals surface area contributed by atoms with Gasteiger partial charge in [0.15, 0.2) is 0 Å². The van der Waals surface area contributed by atoms with E-state index < -0.39 is 0 Å². The van der Waals surface area contributed by atoms with Crippen molar-refractivity contribution in [1.29, 1.82) is 0 Å². The van der Waals surface area contributed by atoms with Crippen molar-refractivity contribution in [3.8, 4) is 21.1 Å². The molecule has 0 spiro atoms. The molecule has 0 radical (unpaired) electrons. The molecule has 41 heavy (non-hydrogen) atoms. The summed E-state index contributed by atoms with van der Waals surface area (Å²) < 4.78 is 2.33. The predicted octanol–water partition coefficient (Wildman–Crippen LogP) is 8.60. The number of thiazole rings is 2. The maximum Gasteiger partial charge on any atom is 0.224 e. The summed E-state index contributed by atoms with van der Waals surface area (Å²) in [6.45, 7) is 4.15. The van der Waals surface area contributed by atoms with Crippen LogP contribution in [-0.4, -0.2) is 21.8 Å². The van der Waals surface area contributed by atoms with E-state index in [2.05, 4.69) is 48.7 Å². The lowest BCUT2D eigenvalue weighted by Crippen LogP contribution is -2.14. The van der Waals surface area contributed by atoms with Crippen LogP contribution in [0.1, 0.15) is 30.4 Å². The standard InChI is InChI=1S/C33H28N4O2S2/c1-20-6-16-26-28(18-20)40-32(36-26)22-8-12-24(13-9-22)34-30(38)4-3-5-31(39)35-25-14-10-23(11-15-25)33-37-27-17-7-21(2)19-29(27)41-33/h6-19H,3-5H2,1-2H3,(H,34,38)(H,35,39). The fourth-order valence-corrected chi connectivity index (χ4v) is 6.70. The molecule has 6 aromatic rings. The van der Waals surface area contributed by atoms with E-state index in [0.717, 1.165) is 53.0 Å². The molecule has 0 fully saturated rings. The SMILES string of the molecule is Cc1ccc2nc(-c3ccc(NC(=O)CCCC(=O)Nc4ccc(-c5nc6ccc(C)cc6s5)cc4)cc3)sc2c1. The van der Waals surface area contributed by atoms with E-state index in [4.69, 9.17) is 9.97 Å². The van der Waals surface area contributed by atoms with E-state index in [-0.39, 0.29) is 24.7 Å². The molecular weight excluding hydrogens is 549 g/mol. The van der Waals surface area contributed by atoms with Gasteiger partial charge in [0.2, 0.25) is 11.8 Å². The molecule has 0 saturated carbocycles. The zero-order valence-electron chi connectivity index (χ0n) is 22.7. The third-order valence-corrected chi connectivity index (χ3v) is 8.86. The van der Waals surface area contributed by atoms with Gasteiger partial charge in [-0.25, -0.2) is 9.97 Å². The number of hydrogen-bond acceptors (Lipinski definition) is 6. The minimum atomic E-state index is -0.114. The Morgan fingerprint density at radius 3 is 1.44 bits per heavy atom. The van der Waals surface area contributed by atoms with Gasteiger partial charge in [-0.05, 0) is 104 Å². The Bertz CT molecular complexity index is 1730. The molecule has 6 nitrogen and oxygen atoms in total. The van der Waals surface area contributed by atoms with Gasteiger partial charge in [0, 0.05) is 35.3 Å². The fraction of sp³-hybridized carbons (Fsp3) is 0.152. The highest BCUT2D eigenvalue weighted by molar-refractivity contribution is 7.22. The van der Waals surface area contributed by atoms with Gasteiger partial charge >= 0.3 is 0 Å². The van der Waals surface area contributed by atoms with Crippen LogP contribution in [0, 0.1) is 13.8 Å². The summed E-state index contributed by atoms with van der Waals surface area (Å²) in [5.41, 5.74) is 7.90. The van der Waals surface area contributed by atoms with Gasteiger partial charge in [-0.3, -0.25) is 9.59 Å². The molecular formula is C33H28N4O2S2. The first-order valence-corrected chi connectivity index (χ1v) is 15.1. The van der Waals surface area contributed by atoms with E-state index >= 15 is 0 Å². The Hall–Kier alpha value is -4.40. The van der Waals surface area contributed by atoms with Crippen molar-refractivity contribution in [2.45, 2.75) is 33.1 Å². The highest BCUT2D eigenvalue weighted by Gasteiger charge is 2.10. The quantitative estimate of drug-likeness (QED) is 0.190. The zero-order chi connectivity index (χ0) is 28.3. The van der Waals surface area contributed by atoms with Crippen molar-refractivity contribution in [2.75, 3.05) is 10.6 Å². The Balaban J connectivity index is 0.966. The van der Waals surface area contributed by atoms with E-state index in [1.807, 2.05) is 60.7 Å². The van der Waals surface area contributed by atoms with Crippen LogP contribution in [0.2, 0.25) is 0 Å². The largest absolute Gasteiger partial charge is 0.326 e. The van der Waals surface area contributed by atoms with Crippen LogP contribution in [0.15, 0.2) is 84.9 Å². The minimum absolute atomic E-state index is 0.114. The molecule has 0 aliphatic heterocycles. The molecule has 0 aliphatic rings. The molecule has 0 saturated heterocycles. The van der Waals surface area contributed by atoms with Gasteiger partial charge in [-0.2, -0.15) is 0 Å². The van der Waals surface area contributed by atoms with E-state index in [1.54, 1.807) is 22.7 Å². The topological polar surface area (TPSA) is 84.0 Å². The molecule has 2 N–H and O–H groups in total. The number of hydrogen-bond donors (Lipinski definition) is 2. The van der Waals surface area contributed by atoms with Gasteiger partial charge in [0.25, 0.3) is 0 Å². The first-order chi connectivity index (χ1) is 19.9. The van der Waals surface area contributed by atoms with Crippen LogP contribution in [0.5, 0.6) is 0 Å². The molecule has 0 unspecified atom stereocenters. The van der Waals surface area contributed by atoms with E-state index in [0.29, 0.717) is 6.42 Å². The van der Waals surface area contributed by atoms with Gasteiger partial charge in [0.1, 0.15) is 10.0 Å². The second-order valence-electron chi connectivity index (χ2n) is 10.1. The lowest BCUT2D eigenvalue weighted by atomic mass is 10.2. The Kier molecular flexibility index (Phi) is 7.59. The number of nitrogens with one attached hydrogen (secondary N) is 2. The van der Waals surface area contributed by atoms with Crippen LogP contribution < -0.4 is 10.6 Å². The van der Waals surface area contributed by atoms with Crippen LogP contribution in [0.25, 0.3) is 41.6 Å². The molecule has 2 heterocycles. The highest BCUT2D eigenvalue weighted by atomic mass is 32.1. The number of nitrogens with zero attached hydrogens (tertiary/aromatic N) is 2. The summed E-state index contributed by atoms with van der Waals surface area (Å²) >= 11 is 3.32. The average molecular weight is 577 g/mol. The Labute approximate surface area is 246 Å². The summed E-state index contributed by atoms with van der Waals surface area (Å²) in [6.07, 6.45) is 0.995. The van der Waals surface area contributed by atoms with Crippen LogP contribution in [0.3, 0.4) is 0 Å². The molecule has 2 amide bonds. The van der Waals surface area contributed by atoms with Gasteiger partial charge in [-0.15, -0.1) is 22.7 Å².